The second-order valence-electron chi connectivity index (χ2n) is 5.83. The summed E-state index contributed by atoms with van der Waals surface area (Å²) in [5.41, 5.74) is 0.404. The molecule has 1 N–H and O–H groups in total. The lowest BCUT2D eigenvalue weighted by Gasteiger charge is -2.21. The van der Waals surface area contributed by atoms with Crippen molar-refractivity contribution >= 4 is 27.3 Å². The van der Waals surface area contributed by atoms with Crippen molar-refractivity contribution in [1.29, 1.82) is 0 Å². The zero-order chi connectivity index (χ0) is 18.6. The SMILES string of the molecule is CON(C)S(=O)(=O)c1ccc(C(=O)N[C@H](c2cccs2)C(C)C)cc1. The van der Waals surface area contributed by atoms with Crippen LogP contribution in [0.3, 0.4) is 0 Å². The van der Waals surface area contributed by atoms with Gasteiger partial charge in [0, 0.05) is 17.5 Å². The van der Waals surface area contributed by atoms with E-state index in [9.17, 15) is 13.2 Å². The topological polar surface area (TPSA) is 75.7 Å². The summed E-state index contributed by atoms with van der Waals surface area (Å²) in [6, 6.07) is 9.65. The molecule has 0 aliphatic heterocycles. The normalized spacial score (nSPS) is 13.2. The minimum atomic E-state index is -3.72. The molecular formula is C17H22N2O4S2. The largest absolute Gasteiger partial charge is 0.344 e. The maximum atomic E-state index is 12.5. The third kappa shape index (κ3) is 4.46. The monoisotopic (exact) mass is 382 g/mol. The molecule has 0 bridgehead atoms. The Morgan fingerprint density at radius 3 is 2.32 bits per heavy atom. The predicted molar refractivity (Wildman–Crippen MR) is 97.8 cm³/mol. The second-order valence-corrected chi connectivity index (χ2v) is 8.75. The Morgan fingerprint density at radius 2 is 1.84 bits per heavy atom. The van der Waals surface area contributed by atoms with Crippen molar-refractivity contribution in [3.63, 3.8) is 0 Å². The zero-order valence-corrected chi connectivity index (χ0v) is 16.2. The minimum absolute atomic E-state index is 0.0621. The van der Waals surface area contributed by atoms with E-state index in [1.54, 1.807) is 11.3 Å². The van der Waals surface area contributed by atoms with Crippen molar-refractivity contribution in [3.8, 4) is 0 Å². The molecule has 1 amide bonds. The molecular weight excluding hydrogens is 360 g/mol. The summed E-state index contributed by atoms with van der Waals surface area (Å²) in [5, 5.41) is 4.99. The van der Waals surface area contributed by atoms with Crippen LogP contribution in [0.25, 0.3) is 0 Å². The fourth-order valence-corrected chi connectivity index (χ4v) is 4.21. The highest BCUT2D eigenvalue weighted by Gasteiger charge is 2.23. The number of amides is 1. The van der Waals surface area contributed by atoms with Crippen molar-refractivity contribution in [3.05, 3.63) is 52.2 Å². The quantitative estimate of drug-likeness (QED) is 0.747. The summed E-state index contributed by atoms with van der Waals surface area (Å²) in [6.07, 6.45) is 0. The molecule has 0 aliphatic carbocycles. The highest BCUT2D eigenvalue weighted by Crippen LogP contribution is 2.26. The summed E-state index contributed by atoms with van der Waals surface area (Å²) < 4.78 is 25.1. The molecule has 0 aliphatic rings. The van der Waals surface area contributed by atoms with Crippen LogP contribution in [-0.2, 0) is 14.9 Å². The van der Waals surface area contributed by atoms with Gasteiger partial charge in [-0.3, -0.25) is 9.63 Å². The Balaban J connectivity index is 2.18. The van der Waals surface area contributed by atoms with Crippen LogP contribution < -0.4 is 5.32 Å². The Labute approximate surface area is 152 Å². The van der Waals surface area contributed by atoms with Crippen LogP contribution >= 0.6 is 11.3 Å². The molecule has 0 fully saturated rings. The average molecular weight is 383 g/mol. The number of nitrogens with zero attached hydrogens (tertiary/aromatic N) is 1. The second kappa shape index (κ2) is 8.09. The molecule has 1 aromatic heterocycles. The molecule has 0 unspecified atom stereocenters. The van der Waals surface area contributed by atoms with Crippen molar-refractivity contribution in [2.45, 2.75) is 24.8 Å². The van der Waals surface area contributed by atoms with Crippen LogP contribution in [0.5, 0.6) is 0 Å². The molecule has 6 nitrogen and oxygen atoms in total. The molecule has 0 spiro atoms. The predicted octanol–water partition coefficient (Wildman–Crippen LogP) is 3.06. The van der Waals surface area contributed by atoms with Gasteiger partial charge in [0.1, 0.15) is 0 Å². The molecule has 25 heavy (non-hydrogen) atoms. The van der Waals surface area contributed by atoms with Gasteiger partial charge in [-0.15, -0.1) is 11.3 Å². The fourth-order valence-electron chi connectivity index (χ4n) is 2.28. The minimum Gasteiger partial charge on any atom is -0.344 e. The summed E-state index contributed by atoms with van der Waals surface area (Å²) in [4.78, 5) is 18.4. The molecule has 1 aromatic carbocycles. The highest BCUT2D eigenvalue weighted by atomic mass is 32.2. The first-order chi connectivity index (χ1) is 11.8. The van der Waals surface area contributed by atoms with Crippen molar-refractivity contribution < 1.29 is 18.0 Å². The molecule has 1 atom stereocenters. The van der Waals surface area contributed by atoms with E-state index in [2.05, 4.69) is 5.32 Å². The van der Waals surface area contributed by atoms with E-state index in [1.807, 2.05) is 31.4 Å². The molecule has 136 valence electrons. The van der Waals surface area contributed by atoms with Gasteiger partial charge >= 0.3 is 0 Å². The maximum Gasteiger partial charge on any atom is 0.264 e. The number of nitrogens with one attached hydrogen (secondary N) is 1. The van der Waals surface area contributed by atoms with E-state index < -0.39 is 10.0 Å². The lowest BCUT2D eigenvalue weighted by molar-refractivity contribution is -0.0258. The number of benzene rings is 1. The summed E-state index contributed by atoms with van der Waals surface area (Å²) in [5.74, 6) is -0.00579. The van der Waals surface area contributed by atoms with Gasteiger partial charge in [-0.05, 0) is 41.6 Å². The Hall–Kier alpha value is -1.74. The standard InChI is InChI=1S/C17H22N2O4S2/c1-12(2)16(15-6-5-11-24-15)18-17(20)13-7-9-14(10-8-13)25(21,22)19(3)23-4/h5-12,16H,1-4H3,(H,18,20)/t16-/m0/s1. The highest BCUT2D eigenvalue weighted by molar-refractivity contribution is 7.89. The number of hydroxylamine groups is 1. The fraction of sp³-hybridized carbons (Fsp3) is 0.353. The summed E-state index contributed by atoms with van der Waals surface area (Å²) >= 11 is 1.59. The Kier molecular flexibility index (Phi) is 6.34. The van der Waals surface area contributed by atoms with Gasteiger partial charge < -0.3 is 5.32 Å². The van der Waals surface area contributed by atoms with Crippen LogP contribution in [0.4, 0.5) is 0 Å². The van der Waals surface area contributed by atoms with Gasteiger partial charge in [0.25, 0.3) is 15.9 Å². The summed E-state index contributed by atoms with van der Waals surface area (Å²) in [7, 11) is -1.14. The van der Waals surface area contributed by atoms with Crippen LogP contribution in [0.1, 0.15) is 35.1 Å². The maximum absolute atomic E-state index is 12.5. The first kappa shape index (κ1) is 19.6. The molecule has 0 saturated carbocycles. The molecule has 0 saturated heterocycles. The third-order valence-corrected chi connectivity index (χ3v) is 6.46. The van der Waals surface area contributed by atoms with Gasteiger partial charge in [-0.2, -0.15) is 0 Å². The first-order valence-corrected chi connectivity index (χ1v) is 10.1. The lowest BCUT2D eigenvalue weighted by Crippen LogP contribution is -2.31. The number of hydrogen-bond donors (Lipinski definition) is 1. The number of carbonyl (C=O) groups is 1. The number of carbonyl (C=O) groups excluding carboxylic acids is 1. The van der Waals surface area contributed by atoms with Gasteiger partial charge in [0.05, 0.1) is 18.0 Å². The van der Waals surface area contributed by atoms with E-state index in [-0.39, 0.29) is 22.8 Å². The van der Waals surface area contributed by atoms with E-state index >= 15 is 0 Å². The Morgan fingerprint density at radius 1 is 1.20 bits per heavy atom. The lowest BCUT2D eigenvalue weighted by atomic mass is 10.0. The van der Waals surface area contributed by atoms with Crippen molar-refractivity contribution in [1.82, 2.24) is 9.79 Å². The van der Waals surface area contributed by atoms with E-state index in [0.717, 1.165) is 9.35 Å². The van der Waals surface area contributed by atoms with Crippen LogP contribution in [0.15, 0.2) is 46.7 Å². The van der Waals surface area contributed by atoms with E-state index in [4.69, 9.17) is 4.84 Å². The zero-order valence-electron chi connectivity index (χ0n) is 14.6. The van der Waals surface area contributed by atoms with Crippen LogP contribution in [0.2, 0.25) is 0 Å². The molecule has 2 aromatic rings. The molecule has 8 heteroatoms. The first-order valence-electron chi connectivity index (χ1n) is 7.74. The van der Waals surface area contributed by atoms with E-state index in [1.165, 1.54) is 38.4 Å². The Bertz CT molecular complexity index is 800. The van der Waals surface area contributed by atoms with Crippen LogP contribution in [0, 0.1) is 5.92 Å². The number of rotatable bonds is 7. The van der Waals surface area contributed by atoms with Gasteiger partial charge in [-0.1, -0.05) is 24.4 Å². The number of hydrogen-bond acceptors (Lipinski definition) is 5. The van der Waals surface area contributed by atoms with Gasteiger partial charge in [0.15, 0.2) is 0 Å². The smallest absolute Gasteiger partial charge is 0.264 e. The van der Waals surface area contributed by atoms with E-state index in [0.29, 0.717) is 5.56 Å². The molecule has 0 radical (unpaired) electrons. The molecule has 1 heterocycles. The number of sulfonamides is 1. The van der Waals surface area contributed by atoms with Crippen molar-refractivity contribution in [2.75, 3.05) is 14.2 Å². The molecule has 2 rings (SSSR count). The average Bonchev–Trinajstić information content (AvgIpc) is 3.12. The van der Waals surface area contributed by atoms with Gasteiger partial charge in [0.2, 0.25) is 0 Å². The summed E-state index contributed by atoms with van der Waals surface area (Å²) in [6.45, 7) is 4.09. The third-order valence-electron chi connectivity index (χ3n) is 3.81. The van der Waals surface area contributed by atoms with Crippen molar-refractivity contribution in [2.24, 2.45) is 5.92 Å². The van der Waals surface area contributed by atoms with Gasteiger partial charge in [-0.25, -0.2) is 8.42 Å². The number of thiophene rings is 1. The van der Waals surface area contributed by atoms with Crippen LogP contribution in [-0.4, -0.2) is 33.0 Å².